The predicted octanol–water partition coefficient (Wildman–Crippen LogP) is 7.72. The third-order valence-electron chi connectivity index (χ3n) is 10.5. The van der Waals surface area contributed by atoms with Gasteiger partial charge in [0.1, 0.15) is 0 Å². The van der Waals surface area contributed by atoms with Gasteiger partial charge in [0, 0.05) is 36.1 Å². The zero-order valence-electron chi connectivity index (χ0n) is 32.0. The molecule has 0 saturated carbocycles. The summed E-state index contributed by atoms with van der Waals surface area (Å²) in [5.41, 5.74) is 0.680. The van der Waals surface area contributed by atoms with Gasteiger partial charge in [0.2, 0.25) is 0 Å². The highest BCUT2D eigenvalue weighted by Crippen LogP contribution is 2.35. The van der Waals surface area contributed by atoms with Gasteiger partial charge in [-0.15, -0.1) is 0 Å². The molecule has 278 valence electrons. The minimum Gasteiger partial charge on any atom is -0.436 e. The fourth-order valence-electron chi connectivity index (χ4n) is 6.92. The largest absolute Gasteiger partial charge is 0.436 e. The molecule has 0 N–H and O–H groups in total. The second-order valence-corrected chi connectivity index (χ2v) is 32.9. The summed E-state index contributed by atoms with van der Waals surface area (Å²) in [6, 6.07) is 3.02. The first-order valence-corrected chi connectivity index (χ1v) is 30.2. The Morgan fingerprint density at radius 3 is 1.13 bits per heavy atom. The molecule has 0 amide bonds. The molecule has 0 aromatic carbocycles. The summed E-state index contributed by atoms with van der Waals surface area (Å²) in [5.74, 6) is 0. The van der Waals surface area contributed by atoms with E-state index in [1.807, 2.05) is 0 Å². The standard InChI is InChI=1S/C34H72O9Si4/c1-11-32(26-38-27-32)23-35-17-14-20-44(4,5)41-46(8,9)43-47(10,22-16-19-37-25-34(13-3)30-40-31-34)42-45(6,7)21-15-18-36-24-33(12-2)28-39-29-33/h11-31H2,1-10H3. The highest BCUT2D eigenvalue weighted by Gasteiger charge is 2.46. The topological polar surface area (TPSA) is 83.1 Å². The lowest BCUT2D eigenvalue weighted by Crippen LogP contribution is -2.57. The Bertz CT molecular complexity index is 894. The summed E-state index contributed by atoms with van der Waals surface area (Å²) in [7, 11) is -9.02. The molecular weight excluding hydrogens is 665 g/mol. The predicted molar refractivity (Wildman–Crippen MR) is 199 cm³/mol. The minimum absolute atomic E-state index is 0.209. The first-order chi connectivity index (χ1) is 22.0. The Morgan fingerprint density at radius 2 is 0.809 bits per heavy atom. The van der Waals surface area contributed by atoms with Crippen LogP contribution >= 0.6 is 0 Å². The van der Waals surface area contributed by atoms with E-state index in [0.29, 0.717) is 0 Å². The van der Waals surface area contributed by atoms with Crippen LogP contribution in [-0.4, -0.2) is 113 Å². The van der Waals surface area contributed by atoms with Crippen LogP contribution in [0.25, 0.3) is 0 Å². The zero-order valence-corrected chi connectivity index (χ0v) is 36.0. The van der Waals surface area contributed by atoms with Gasteiger partial charge in [-0.3, -0.25) is 0 Å². The summed E-state index contributed by atoms with van der Waals surface area (Å²) in [4.78, 5) is 0. The van der Waals surface area contributed by atoms with E-state index < -0.39 is 33.8 Å². The van der Waals surface area contributed by atoms with Crippen molar-refractivity contribution in [1.29, 1.82) is 0 Å². The molecule has 3 rings (SSSR count). The fraction of sp³-hybridized carbons (Fsp3) is 1.00. The van der Waals surface area contributed by atoms with Gasteiger partial charge < -0.3 is 40.8 Å². The van der Waals surface area contributed by atoms with Crippen molar-refractivity contribution >= 4 is 33.8 Å². The Hall–Kier alpha value is 0.508. The van der Waals surface area contributed by atoms with Crippen LogP contribution in [0.4, 0.5) is 0 Å². The van der Waals surface area contributed by atoms with E-state index >= 15 is 0 Å². The van der Waals surface area contributed by atoms with Crippen molar-refractivity contribution < 1.29 is 40.8 Å². The third-order valence-corrected chi connectivity index (χ3v) is 26.6. The molecule has 3 aliphatic heterocycles. The molecule has 1 unspecified atom stereocenters. The van der Waals surface area contributed by atoms with Crippen molar-refractivity contribution in [2.75, 3.05) is 79.3 Å². The number of hydrogen-bond acceptors (Lipinski definition) is 9. The Labute approximate surface area is 292 Å². The molecule has 3 fully saturated rings. The van der Waals surface area contributed by atoms with Crippen LogP contribution in [0.2, 0.25) is 64.0 Å². The van der Waals surface area contributed by atoms with E-state index in [2.05, 4.69) is 66.6 Å². The zero-order chi connectivity index (χ0) is 34.7. The molecule has 47 heavy (non-hydrogen) atoms. The molecule has 0 aliphatic carbocycles. The summed E-state index contributed by atoms with van der Waals surface area (Å²) < 4.78 is 56.2. The molecule has 0 bridgehead atoms. The average Bonchev–Trinajstić information content (AvgIpc) is 2.90. The maximum absolute atomic E-state index is 7.19. The first kappa shape index (κ1) is 41.9. The molecule has 0 aromatic rings. The van der Waals surface area contributed by atoms with Gasteiger partial charge in [-0.05, 0) is 102 Å². The van der Waals surface area contributed by atoms with Crippen molar-refractivity contribution in [2.45, 2.75) is 123 Å². The molecule has 0 aromatic heterocycles. The quantitative estimate of drug-likeness (QED) is 0.0622. The van der Waals surface area contributed by atoms with Gasteiger partial charge in [0.05, 0.1) is 59.5 Å². The summed E-state index contributed by atoms with van der Waals surface area (Å²) >= 11 is 0. The van der Waals surface area contributed by atoms with Crippen LogP contribution < -0.4 is 0 Å². The van der Waals surface area contributed by atoms with Crippen molar-refractivity contribution in [3.8, 4) is 0 Å². The highest BCUT2D eigenvalue weighted by molar-refractivity contribution is 6.89. The molecule has 0 radical (unpaired) electrons. The maximum Gasteiger partial charge on any atom is 0.315 e. The van der Waals surface area contributed by atoms with E-state index in [1.165, 1.54) is 0 Å². The maximum atomic E-state index is 7.19. The summed E-state index contributed by atoms with van der Waals surface area (Å²) in [5, 5.41) is 0. The number of hydrogen-bond donors (Lipinski definition) is 0. The van der Waals surface area contributed by atoms with E-state index in [4.69, 9.17) is 40.8 Å². The molecular formula is C34H72O9Si4. The van der Waals surface area contributed by atoms with Crippen molar-refractivity contribution in [2.24, 2.45) is 16.2 Å². The fourth-order valence-corrected chi connectivity index (χ4v) is 26.6. The van der Waals surface area contributed by atoms with Crippen LogP contribution in [0.1, 0.15) is 59.3 Å². The molecule has 3 saturated heterocycles. The monoisotopic (exact) mass is 736 g/mol. The highest BCUT2D eigenvalue weighted by atomic mass is 28.5. The minimum atomic E-state index is -2.56. The second kappa shape index (κ2) is 18.3. The average molecular weight is 737 g/mol. The van der Waals surface area contributed by atoms with Gasteiger partial charge in [0.25, 0.3) is 0 Å². The first-order valence-electron chi connectivity index (χ1n) is 18.6. The normalized spacial score (nSPS) is 21.8. The van der Waals surface area contributed by atoms with Gasteiger partial charge in [-0.25, -0.2) is 0 Å². The molecule has 0 spiro atoms. The van der Waals surface area contributed by atoms with E-state index in [1.54, 1.807) is 0 Å². The van der Waals surface area contributed by atoms with Gasteiger partial charge in [-0.2, -0.15) is 0 Å². The molecule has 3 aliphatic rings. The van der Waals surface area contributed by atoms with E-state index in [9.17, 15) is 0 Å². The van der Waals surface area contributed by atoms with Crippen molar-refractivity contribution in [3.63, 3.8) is 0 Å². The lowest BCUT2D eigenvalue weighted by molar-refractivity contribution is -0.150. The number of ether oxygens (including phenoxy) is 6. The van der Waals surface area contributed by atoms with Gasteiger partial charge in [-0.1, -0.05) is 20.8 Å². The summed E-state index contributed by atoms with van der Waals surface area (Å²) in [6.07, 6.45) is 6.29. The smallest absolute Gasteiger partial charge is 0.315 e. The third kappa shape index (κ3) is 13.9. The van der Waals surface area contributed by atoms with Crippen LogP contribution in [-0.2, 0) is 40.8 Å². The van der Waals surface area contributed by atoms with E-state index in [-0.39, 0.29) is 16.2 Å². The van der Waals surface area contributed by atoms with Crippen LogP contribution in [0, 0.1) is 16.2 Å². The van der Waals surface area contributed by atoms with Crippen molar-refractivity contribution in [1.82, 2.24) is 0 Å². The Morgan fingerprint density at radius 1 is 0.468 bits per heavy atom. The summed E-state index contributed by atoms with van der Waals surface area (Å²) in [6.45, 7) is 32.4. The molecule has 3 heterocycles. The molecule has 1 atom stereocenters. The second-order valence-electron chi connectivity index (χ2n) is 16.9. The lowest BCUT2D eigenvalue weighted by Gasteiger charge is -2.43. The molecule has 13 heteroatoms. The van der Waals surface area contributed by atoms with E-state index in [0.717, 1.165) is 136 Å². The Balaban J connectivity index is 1.50. The molecule has 9 nitrogen and oxygen atoms in total. The van der Waals surface area contributed by atoms with Crippen molar-refractivity contribution in [3.05, 3.63) is 0 Å². The van der Waals surface area contributed by atoms with Crippen LogP contribution in [0.5, 0.6) is 0 Å². The van der Waals surface area contributed by atoms with Crippen LogP contribution in [0.15, 0.2) is 0 Å². The lowest BCUT2D eigenvalue weighted by atomic mass is 9.84. The number of rotatable bonds is 27. The Kier molecular flexibility index (Phi) is 16.3. The van der Waals surface area contributed by atoms with Gasteiger partial charge in [0.15, 0.2) is 16.6 Å². The van der Waals surface area contributed by atoms with Gasteiger partial charge >= 0.3 is 17.1 Å². The van der Waals surface area contributed by atoms with Crippen LogP contribution in [0.3, 0.4) is 0 Å². The SMILES string of the molecule is CCC1(COCCC[Si](C)(C)O[Si](C)(C)O[Si](C)(CCCOCC2(CC)COC2)O[Si](C)(C)CCCOCC2(CC)COC2)COC1.